The molecule has 0 aromatic heterocycles. The standard InChI is InChI=1S/C13H18BrN3O4S/c14-10-2-1-3-11(8-10)16-6-7-17(22(16,20)21)12-4-5-15(9-12)13(18)19/h1-3,8,12,20-21H,4-7,9H2,(H,18,19)/t12-/m0/s1. The average molecular weight is 392 g/mol. The van der Waals surface area contributed by atoms with Gasteiger partial charge in [-0.05, 0) is 24.6 Å². The van der Waals surface area contributed by atoms with E-state index in [1.54, 1.807) is 8.61 Å². The number of likely N-dealkylation sites (tertiary alicyclic amines) is 1. The zero-order chi connectivity index (χ0) is 15.9. The van der Waals surface area contributed by atoms with Gasteiger partial charge in [0.25, 0.3) is 0 Å². The summed E-state index contributed by atoms with van der Waals surface area (Å²) in [4.78, 5) is 12.3. The number of halogens is 1. The molecule has 0 radical (unpaired) electrons. The van der Waals surface area contributed by atoms with Crippen molar-refractivity contribution >= 4 is 38.7 Å². The predicted octanol–water partition coefficient (Wildman–Crippen LogP) is 2.90. The van der Waals surface area contributed by atoms with E-state index in [0.29, 0.717) is 32.6 Å². The maximum atomic E-state index is 11.0. The van der Waals surface area contributed by atoms with Gasteiger partial charge in [0.2, 0.25) is 0 Å². The predicted molar refractivity (Wildman–Crippen MR) is 89.0 cm³/mol. The Morgan fingerprint density at radius 3 is 2.68 bits per heavy atom. The van der Waals surface area contributed by atoms with Crippen LogP contribution in [0.15, 0.2) is 28.7 Å². The fourth-order valence-electron chi connectivity index (χ4n) is 3.00. The fourth-order valence-corrected chi connectivity index (χ4v) is 5.26. The van der Waals surface area contributed by atoms with Gasteiger partial charge in [0, 0.05) is 24.1 Å². The SMILES string of the molecule is O=C(O)N1CC[C@H](N2CCN(c3cccc(Br)c3)S2(O)O)C1. The van der Waals surface area contributed by atoms with E-state index in [0.717, 1.165) is 10.2 Å². The van der Waals surface area contributed by atoms with Crippen LogP contribution in [0.3, 0.4) is 0 Å². The van der Waals surface area contributed by atoms with E-state index >= 15 is 0 Å². The Morgan fingerprint density at radius 1 is 1.27 bits per heavy atom. The van der Waals surface area contributed by atoms with Gasteiger partial charge in [-0.1, -0.05) is 33.0 Å². The molecule has 1 atom stereocenters. The highest BCUT2D eigenvalue weighted by Gasteiger charge is 2.44. The summed E-state index contributed by atoms with van der Waals surface area (Å²) in [5.41, 5.74) is 0.741. The quantitative estimate of drug-likeness (QED) is 0.718. The first-order valence-electron chi connectivity index (χ1n) is 6.96. The molecule has 1 aromatic rings. The van der Waals surface area contributed by atoms with Crippen molar-refractivity contribution in [3.63, 3.8) is 0 Å². The largest absolute Gasteiger partial charge is 0.465 e. The molecule has 2 saturated heterocycles. The topological polar surface area (TPSA) is 87.5 Å². The molecular weight excluding hydrogens is 374 g/mol. The van der Waals surface area contributed by atoms with Gasteiger partial charge in [-0.3, -0.25) is 13.4 Å². The maximum absolute atomic E-state index is 11.0. The Balaban J connectivity index is 1.78. The zero-order valence-electron chi connectivity index (χ0n) is 11.8. The molecule has 1 aromatic carbocycles. The molecule has 7 nitrogen and oxygen atoms in total. The number of nitrogens with zero attached hydrogens (tertiary/aromatic N) is 3. The smallest absolute Gasteiger partial charge is 0.407 e. The highest BCUT2D eigenvalue weighted by atomic mass is 79.9. The summed E-state index contributed by atoms with van der Waals surface area (Å²) in [5.74, 6) is 0. The highest BCUT2D eigenvalue weighted by Crippen LogP contribution is 2.55. The number of carboxylic acid groups (broad SMARTS) is 1. The van der Waals surface area contributed by atoms with E-state index in [9.17, 15) is 13.9 Å². The number of amides is 1. The van der Waals surface area contributed by atoms with Crippen molar-refractivity contribution in [3.05, 3.63) is 28.7 Å². The van der Waals surface area contributed by atoms with E-state index in [4.69, 9.17) is 5.11 Å². The molecule has 2 aliphatic heterocycles. The normalized spacial score (nSPS) is 26.4. The van der Waals surface area contributed by atoms with Crippen LogP contribution in [0.1, 0.15) is 6.42 Å². The summed E-state index contributed by atoms with van der Waals surface area (Å²) >= 11 is 3.39. The molecule has 22 heavy (non-hydrogen) atoms. The molecule has 2 aliphatic rings. The maximum Gasteiger partial charge on any atom is 0.407 e. The Bertz CT molecular complexity index is 588. The fraction of sp³-hybridized carbons (Fsp3) is 0.462. The highest BCUT2D eigenvalue weighted by molar-refractivity contribution is 9.10. The van der Waals surface area contributed by atoms with E-state index in [1.807, 2.05) is 24.3 Å². The van der Waals surface area contributed by atoms with Crippen molar-refractivity contribution in [2.24, 2.45) is 0 Å². The van der Waals surface area contributed by atoms with Crippen LogP contribution in [-0.4, -0.2) is 61.7 Å². The van der Waals surface area contributed by atoms with Gasteiger partial charge in [0.1, 0.15) is 0 Å². The van der Waals surface area contributed by atoms with E-state index in [1.165, 1.54) is 4.90 Å². The third-order valence-corrected chi connectivity index (χ3v) is 6.66. The Hall–Kier alpha value is -1.000. The molecule has 0 bridgehead atoms. The minimum atomic E-state index is -3.10. The van der Waals surface area contributed by atoms with Crippen molar-refractivity contribution < 1.29 is 19.0 Å². The Morgan fingerprint density at radius 2 is 2.05 bits per heavy atom. The lowest BCUT2D eigenvalue weighted by Crippen LogP contribution is -2.39. The number of benzene rings is 1. The van der Waals surface area contributed by atoms with Gasteiger partial charge in [0.05, 0.1) is 18.3 Å². The van der Waals surface area contributed by atoms with Crippen molar-refractivity contribution in [1.29, 1.82) is 0 Å². The summed E-state index contributed by atoms with van der Waals surface area (Å²) in [7, 11) is -3.10. The number of hydrogen-bond donors (Lipinski definition) is 3. The third kappa shape index (κ3) is 2.79. The summed E-state index contributed by atoms with van der Waals surface area (Å²) in [6, 6.07) is 7.25. The molecule has 3 rings (SSSR count). The summed E-state index contributed by atoms with van der Waals surface area (Å²) in [6.45, 7) is 1.76. The summed E-state index contributed by atoms with van der Waals surface area (Å²) < 4.78 is 25.4. The molecule has 1 amide bonds. The van der Waals surface area contributed by atoms with Gasteiger partial charge in [0.15, 0.2) is 0 Å². The molecule has 0 spiro atoms. The second-order valence-corrected chi connectivity index (χ2v) is 8.19. The second-order valence-electron chi connectivity index (χ2n) is 5.38. The second kappa shape index (κ2) is 5.89. The number of carbonyl (C=O) groups is 1. The van der Waals surface area contributed by atoms with Crippen LogP contribution in [0.5, 0.6) is 0 Å². The minimum Gasteiger partial charge on any atom is -0.465 e. The molecule has 122 valence electrons. The van der Waals surface area contributed by atoms with Crippen molar-refractivity contribution in [2.45, 2.75) is 12.5 Å². The molecule has 3 N–H and O–H groups in total. The molecule has 2 heterocycles. The van der Waals surface area contributed by atoms with Gasteiger partial charge in [-0.2, -0.15) is 4.31 Å². The minimum absolute atomic E-state index is 0.154. The monoisotopic (exact) mass is 391 g/mol. The summed E-state index contributed by atoms with van der Waals surface area (Å²) in [6.07, 6.45) is -0.337. The lowest BCUT2D eigenvalue weighted by molar-refractivity contribution is 0.152. The number of anilines is 1. The van der Waals surface area contributed by atoms with Crippen LogP contribution in [0, 0.1) is 0 Å². The lowest BCUT2D eigenvalue weighted by Gasteiger charge is -2.45. The zero-order valence-corrected chi connectivity index (χ0v) is 14.2. The van der Waals surface area contributed by atoms with Gasteiger partial charge >= 0.3 is 6.09 Å². The molecule has 0 saturated carbocycles. The first-order chi connectivity index (χ1) is 10.4. The lowest BCUT2D eigenvalue weighted by atomic mass is 10.2. The van der Waals surface area contributed by atoms with Crippen molar-refractivity contribution in [1.82, 2.24) is 9.21 Å². The van der Waals surface area contributed by atoms with Crippen LogP contribution in [0.25, 0.3) is 0 Å². The summed E-state index contributed by atoms with van der Waals surface area (Å²) in [5, 5.41) is 9.04. The van der Waals surface area contributed by atoms with Gasteiger partial charge < -0.3 is 10.0 Å². The molecule has 0 aliphatic carbocycles. The van der Waals surface area contributed by atoms with Crippen LogP contribution >= 0.6 is 26.9 Å². The van der Waals surface area contributed by atoms with Crippen LogP contribution in [0.4, 0.5) is 10.5 Å². The molecule has 9 heteroatoms. The molecule has 2 fully saturated rings. The first kappa shape index (κ1) is 15.9. The molecular formula is C13H18BrN3O4S. The first-order valence-corrected chi connectivity index (χ1v) is 9.21. The van der Waals surface area contributed by atoms with Crippen molar-refractivity contribution in [2.75, 3.05) is 30.5 Å². The average Bonchev–Trinajstić information content (AvgIpc) is 3.02. The van der Waals surface area contributed by atoms with Crippen LogP contribution in [-0.2, 0) is 0 Å². The molecule has 0 unspecified atom stereocenters. The van der Waals surface area contributed by atoms with E-state index in [2.05, 4.69) is 15.9 Å². The number of rotatable bonds is 2. The Kier molecular flexibility index (Phi) is 4.25. The van der Waals surface area contributed by atoms with E-state index < -0.39 is 17.1 Å². The Labute approximate surface area is 138 Å². The van der Waals surface area contributed by atoms with Gasteiger partial charge in [-0.25, -0.2) is 4.79 Å². The van der Waals surface area contributed by atoms with E-state index in [-0.39, 0.29) is 6.04 Å². The number of hydrogen-bond acceptors (Lipinski definition) is 5. The van der Waals surface area contributed by atoms with Crippen LogP contribution in [0.2, 0.25) is 0 Å². The third-order valence-electron chi connectivity index (χ3n) is 4.07. The van der Waals surface area contributed by atoms with Crippen LogP contribution < -0.4 is 4.31 Å². The van der Waals surface area contributed by atoms with Gasteiger partial charge in [-0.15, -0.1) is 0 Å². The van der Waals surface area contributed by atoms with Crippen molar-refractivity contribution in [3.8, 4) is 0 Å².